The van der Waals surface area contributed by atoms with Crippen LogP contribution in [0, 0.1) is 19.7 Å². The van der Waals surface area contributed by atoms with Gasteiger partial charge in [0, 0.05) is 23.2 Å². The van der Waals surface area contributed by atoms with E-state index in [4.69, 9.17) is 0 Å². The Balaban J connectivity index is 1.76. The molecule has 2 aromatic carbocycles. The van der Waals surface area contributed by atoms with E-state index in [1.165, 1.54) is 17.0 Å². The van der Waals surface area contributed by atoms with Gasteiger partial charge in [-0.15, -0.1) is 11.3 Å². The van der Waals surface area contributed by atoms with Gasteiger partial charge in [-0.3, -0.25) is 4.79 Å². The zero-order valence-corrected chi connectivity index (χ0v) is 20.3. The van der Waals surface area contributed by atoms with Gasteiger partial charge in [0.2, 0.25) is 5.91 Å². The number of carbonyl (C=O) groups is 2. The molecule has 174 valence electrons. The normalized spacial score (nSPS) is 10.8. The zero-order valence-electron chi connectivity index (χ0n) is 19.5. The van der Waals surface area contributed by atoms with Crippen LogP contribution in [0.2, 0.25) is 0 Å². The van der Waals surface area contributed by atoms with Crippen molar-refractivity contribution in [2.45, 2.75) is 46.8 Å². The molecular weight excluding hydrogens is 437 g/mol. The lowest BCUT2D eigenvalue weighted by atomic mass is 10.1. The second kappa shape index (κ2) is 11.1. The first-order chi connectivity index (χ1) is 15.7. The number of thiophene rings is 1. The lowest BCUT2D eigenvalue weighted by Crippen LogP contribution is -2.47. The Morgan fingerprint density at radius 1 is 1.03 bits per heavy atom. The molecule has 1 N–H and O–H groups in total. The number of benzene rings is 2. The van der Waals surface area contributed by atoms with E-state index in [1.807, 2.05) is 63.4 Å². The summed E-state index contributed by atoms with van der Waals surface area (Å²) in [4.78, 5) is 30.7. The van der Waals surface area contributed by atoms with E-state index in [2.05, 4.69) is 5.32 Å². The Morgan fingerprint density at radius 3 is 2.36 bits per heavy atom. The smallest absolute Gasteiger partial charge is 0.322 e. The van der Waals surface area contributed by atoms with Crippen LogP contribution in [0.3, 0.4) is 0 Å². The highest BCUT2D eigenvalue weighted by Crippen LogP contribution is 2.19. The third kappa shape index (κ3) is 6.89. The number of hydrogen-bond donors (Lipinski definition) is 1. The summed E-state index contributed by atoms with van der Waals surface area (Å²) in [6.07, 6.45) is 0. The molecule has 5 nitrogen and oxygen atoms in total. The summed E-state index contributed by atoms with van der Waals surface area (Å²) in [6, 6.07) is 15.4. The van der Waals surface area contributed by atoms with Crippen molar-refractivity contribution < 1.29 is 14.0 Å². The zero-order chi connectivity index (χ0) is 24.0. The molecule has 7 heteroatoms. The third-order valence-electron chi connectivity index (χ3n) is 5.38. The van der Waals surface area contributed by atoms with Crippen molar-refractivity contribution in [3.05, 3.63) is 87.4 Å². The molecular formula is C26H30FN3O2S. The Bertz CT molecular complexity index is 1080. The van der Waals surface area contributed by atoms with Gasteiger partial charge in [0.15, 0.2) is 0 Å². The molecule has 0 atom stereocenters. The minimum atomic E-state index is -0.317. The van der Waals surface area contributed by atoms with Crippen LogP contribution in [-0.2, 0) is 17.9 Å². The van der Waals surface area contributed by atoms with E-state index in [-0.39, 0.29) is 30.3 Å². The first kappa shape index (κ1) is 24.5. The third-order valence-corrected chi connectivity index (χ3v) is 6.24. The average Bonchev–Trinajstić information content (AvgIpc) is 3.27. The van der Waals surface area contributed by atoms with E-state index in [0.29, 0.717) is 13.1 Å². The number of hydrogen-bond acceptors (Lipinski definition) is 3. The first-order valence-corrected chi connectivity index (χ1v) is 11.8. The van der Waals surface area contributed by atoms with Crippen LogP contribution in [0.5, 0.6) is 0 Å². The molecule has 0 fully saturated rings. The summed E-state index contributed by atoms with van der Waals surface area (Å²) >= 11 is 1.57. The van der Waals surface area contributed by atoms with Crippen LogP contribution < -0.4 is 5.32 Å². The van der Waals surface area contributed by atoms with Gasteiger partial charge in [0.25, 0.3) is 0 Å². The van der Waals surface area contributed by atoms with Crippen LogP contribution in [0.15, 0.2) is 60.0 Å². The lowest BCUT2D eigenvalue weighted by molar-refractivity contribution is -0.133. The van der Waals surface area contributed by atoms with Gasteiger partial charge in [0.1, 0.15) is 12.4 Å². The van der Waals surface area contributed by atoms with Crippen molar-refractivity contribution in [3.63, 3.8) is 0 Å². The predicted molar refractivity (Wildman–Crippen MR) is 132 cm³/mol. The topological polar surface area (TPSA) is 52.7 Å². The van der Waals surface area contributed by atoms with Crippen LogP contribution in [0.25, 0.3) is 0 Å². The molecule has 0 bridgehead atoms. The van der Waals surface area contributed by atoms with Crippen molar-refractivity contribution >= 4 is 29.0 Å². The van der Waals surface area contributed by atoms with E-state index in [0.717, 1.165) is 27.3 Å². The van der Waals surface area contributed by atoms with E-state index < -0.39 is 0 Å². The Hall–Kier alpha value is -3.19. The van der Waals surface area contributed by atoms with Crippen LogP contribution in [0.1, 0.15) is 35.4 Å². The molecule has 0 saturated heterocycles. The number of halogens is 1. The molecule has 0 aliphatic carbocycles. The summed E-state index contributed by atoms with van der Waals surface area (Å²) < 4.78 is 13.3. The molecule has 0 aliphatic heterocycles. The Morgan fingerprint density at radius 2 is 1.76 bits per heavy atom. The van der Waals surface area contributed by atoms with E-state index >= 15 is 0 Å². The summed E-state index contributed by atoms with van der Waals surface area (Å²) in [7, 11) is 0. The summed E-state index contributed by atoms with van der Waals surface area (Å²) in [5.41, 5.74) is 3.64. The molecule has 1 aromatic heterocycles. The van der Waals surface area contributed by atoms with Crippen LogP contribution >= 0.6 is 11.3 Å². The van der Waals surface area contributed by atoms with Crippen molar-refractivity contribution in [2.75, 3.05) is 11.9 Å². The molecule has 1 heterocycles. The van der Waals surface area contributed by atoms with Gasteiger partial charge in [0.05, 0.1) is 6.54 Å². The second-order valence-corrected chi connectivity index (χ2v) is 9.46. The standard InChI is InChI=1S/C26H30FN3O2S/c1-18(2)30(26(32)28-24-12-7-19(3)14-20(24)4)17-25(31)29(16-23-6-5-13-33-23)15-21-8-10-22(27)11-9-21/h5-14,18H,15-17H2,1-4H3,(H,28,32). The second-order valence-electron chi connectivity index (χ2n) is 8.43. The largest absolute Gasteiger partial charge is 0.332 e. The number of anilines is 1. The Labute approximate surface area is 198 Å². The Kier molecular flexibility index (Phi) is 8.22. The molecule has 0 unspecified atom stereocenters. The lowest BCUT2D eigenvalue weighted by Gasteiger charge is -2.30. The summed E-state index contributed by atoms with van der Waals surface area (Å²) in [5.74, 6) is -0.485. The van der Waals surface area contributed by atoms with Gasteiger partial charge in [-0.2, -0.15) is 0 Å². The van der Waals surface area contributed by atoms with E-state index in [1.54, 1.807) is 28.4 Å². The van der Waals surface area contributed by atoms with E-state index in [9.17, 15) is 14.0 Å². The highest BCUT2D eigenvalue weighted by atomic mass is 32.1. The van der Waals surface area contributed by atoms with Gasteiger partial charge in [-0.1, -0.05) is 35.9 Å². The van der Waals surface area contributed by atoms with Crippen LogP contribution in [-0.4, -0.2) is 34.3 Å². The molecule has 0 radical (unpaired) electrons. The number of nitrogens with one attached hydrogen (secondary N) is 1. The summed E-state index contributed by atoms with van der Waals surface area (Å²) in [5, 5.41) is 4.91. The molecule has 3 aromatic rings. The highest BCUT2D eigenvalue weighted by Gasteiger charge is 2.24. The molecule has 0 aliphatic rings. The number of rotatable bonds is 8. The molecule has 0 saturated carbocycles. The van der Waals surface area contributed by atoms with Gasteiger partial charge < -0.3 is 15.1 Å². The maximum atomic E-state index is 13.4. The number of carbonyl (C=O) groups excluding carboxylic acids is 2. The van der Waals surface area contributed by atoms with Crippen molar-refractivity contribution in [2.24, 2.45) is 0 Å². The fourth-order valence-corrected chi connectivity index (χ4v) is 4.23. The monoisotopic (exact) mass is 467 g/mol. The first-order valence-electron chi connectivity index (χ1n) is 10.9. The molecule has 3 rings (SSSR count). The quantitative estimate of drug-likeness (QED) is 0.443. The molecule has 33 heavy (non-hydrogen) atoms. The number of amides is 3. The minimum absolute atomic E-state index is 0.0546. The number of aryl methyl sites for hydroxylation is 2. The number of nitrogens with zero attached hydrogens (tertiary/aromatic N) is 2. The average molecular weight is 468 g/mol. The van der Waals surface area contributed by atoms with Gasteiger partial charge >= 0.3 is 6.03 Å². The van der Waals surface area contributed by atoms with Crippen molar-refractivity contribution in [1.29, 1.82) is 0 Å². The van der Waals surface area contributed by atoms with Gasteiger partial charge in [-0.25, -0.2) is 9.18 Å². The van der Waals surface area contributed by atoms with Crippen molar-refractivity contribution in [1.82, 2.24) is 9.80 Å². The summed E-state index contributed by atoms with van der Waals surface area (Å²) in [6.45, 7) is 8.43. The fraction of sp³-hybridized carbons (Fsp3) is 0.308. The van der Waals surface area contributed by atoms with Gasteiger partial charge in [-0.05, 0) is 68.5 Å². The predicted octanol–water partition coefficient (Wildman–Crippen LogP) is 5.98. The number of urea groups is 1. The minimum Gasteiger partial charge on any atom is -0.332 e. The van der Waals surface area contributed by atoms with Crippen molar-refractivity contribution in [3.8, 4) is 0 Å². The molecule has 3 amide bonds. The highest BCUT2D eigenvalue weighted by molar-refractivity contribution is 7.09. The van der Waals surface area contributed by atoms with Crippen LogP contribution in [0.4, 0.5) is 14.9 Å². The SMILES string of the molecule is Cc1ccc(NC(=O)N(CC(=O)N(Cc2ccc(F)cc2)Cc2cccs2)C(C)C)c(C)c1. The maximum Gasteiger partial charge on any atom is 0.322 e. The maximum absolute atomic E-state index is 13.4. The molecule has 0 spiro atoms. The fourth-order valence-electron chi connectivity index (χ4n) is 3.51.